The molecule has 21 heavy (non-hydrogen) atoms. The van der Waals surface area contributed by atoms with Crippen molar-refractivity contribution in [3.8, 4) is 0 Å². The fourth-order valence-corrected chi connectivity index (χ4v) is 2.45. The van der Waals surface area contributed by atoms with Gasteiger partial charge < -0.3 is 15.2 Å². The molecule has 1 fully saturated rings. The lowest BCUT2D eigenvalue weighted by molar-refractivity contribution is -0.164. The van der Waals surface area contributed by atoms with Gasteiger partial charge in [-0.15, -0.1) is 0 Å². The van der Waals surface area contributed by atoms with Gasteiger partial charge in [0.05, 0.1) is 6.10 Å². The molecule has 0 aliphatic heterocycles. The number of carbonyl (C=O) groups excluding carboxylic acids is 2. The van der Waals surface area contributed by atoms with Gasteiger partial charge in [0, 0.05) is 5.92 Å². The molecule has 1 rings (SSSR count). The Bertz CT molecular complexity index is 388. The summed E-state index contributed by atoms with van der Waals surface area (Å²) in [7, 11) is 0. The predicted octanol–water partition coefficient (Wildman–Crippen LogP) is 2.16. The Balaban J connectivity index is 2.71. The van der Waals surface area contributed by atoms with Crippen molar-refractivity contribution in [2.24, 2.45) is 5.92 Å². The fraction of sp³-hybridized carbons (Fsp3) is 0.875. The lowest BCUT2D eigenvalue weighted by Gasteiger charge is -2.33. The SMILES string of the molecule is CC[C@](C)(NC(=O)[C@@H]1CCC[C@H](O)C1)C(=O)OC(C)(C)C. The summed E-state index contributed by atoms with van der Waals surface area (Å²) in [4.78, 5) is 24.7. The maximum Gasteiger partial charge on any atom is 0.332 e. The third kappa shape index (κ3) is 5.30. The van der Waals surface area contributed by atoms with Gasteiger partial charge in [0.25, 0.3) is 0 Å². The fourth-order valence-electron chi connectivity index (χ4n) is 2.45. The van der Waals surface area contributed by atoms with Gasteiger partial charge in [0.1, 0.15) is 11.1 Å². The number of carbonyl (C=O) groups is 2. The molecule has 0 radical (unpaired) electrons. The van der Waals surface area contributed by atoms with Crippen molar-refractivity contribution in [1.29, 1.82) is 0 Å². The quantitative estimate of drug-likeness (QED) is 0.780. The first-order chi connectivity index (χ1) is 9.57. The van der Waals surface area contributed by atoms with E-state index in [-0.39, 0.29) is 11.8 Å². The van der Waals surface area contributed by atoms with E-state index >= 15 is 0 Å². The van der Waals surface area contributed by atoms with Crippen LogP contribution in [-0.4, -0.2) is 34.2 Å². The van der Waals surface area contributed by atoms with Gasteiger partial charge in [-0.2, -0.15) is 0 Å². The Morgan fingerprint density at radius 1 is 1.24 bits per heavy atom. The average molecular weight is 299 g/mol. The van der Waals surface area contributed by atoms with Gasteiger partial charge in [-0.1, -0.05) is 13.3 Å². The molecule has 0 aromatic rings. The van der Waals surface area contributed by atoms with Crippen molar-refractivity contribution in [2.45, 2.75) is 84.0 Å². The summed E-state index contributed by atoms with van der Waals surface area (Å²) in [6.45, 7) is 8.96. The maximum atomic E-state index is 12.4. The van der Waals surface area contributed by atoms with E-state index in [1.54, 1.807) is 27.7 Å². The van der Waals surface area contributed by atoms with E-state index in [4.69, 9.17) is 4.74 Å². The van der Waals surface area contributed by atoms with Crippen LogP contribution in [0.25, 0.3) is 0 Å². The van der Waals surface area contributed by atoms with E-state index in [2.05, 4.69) is 5.32 Å². The Morgan fingerprint density at radius 3 is 2.33 bits per heavy atom. The van der Waals surface area contributed by atoms with Crippen LogP contribution in [0.4, 0.5) is 0 Å². The third-order valence-corrected chi connectivity index (χ3v) is 3.97. The molecule has 1 aliphatic rings. The van der Waals surface area contributed by atoms with Gasteiger partial charge in [-0.3, -0.25) is 4.79 Å². The first-order valence-corrected chi connectivity index (χ1v) is 7.81. The summed E-state index contributed by atoms with van der Waals surface area (Å²) in [5.41, 5.74) is -1.61. The van der Waals surface area contributed by atoms with Gasteiger partial charge in [-0.05, 0) is 53.4 Å². The van der Waals surface area contributed by atoms with Crippen LogP contribution in [0.3, 0.4) is 0 Å². The topological polar surface area (TPSA) is 75.6 Å². The van der Waals surface area contributed by atoms with Crippen LogP contribution in [-0.2, 0) is 14.3 Å². The molecule has 0 saturated heterocycles. The molecule has 5 heteroatoms. The summed E-state index contributed by atoms with van der Waals surface area (Å²) >= 11 is 0. The van der Waals surface area contributed by atoms with E-state index in [1.165, 1.54) is 0 Å². The Hall–Kier alpha value is -1.10. The van der Waals surface area contributed by atoms with Crippen LogP contribution < -0.4 is 5.32 Å². The number of nitrogens with one attached hydrogen (secondary N) is 1. The number of esters is 1. The molecule has 0 spiro atoms. The molecule has 0 aromatic carbocycles. The summed E-state index contributed by atoms with van der Waals surface area (Å²) in [6.07, 6.45) is 2.87. The standard InChI is InChI=1S/C16H29NO4/c1-6-16(5,14(20)21-15(2,3)4)17-13(19)11-8-7-9-12(18)10-11/h11-12,18H,6-10H2,1-5H3,(H,17,19)/t11-,12+,16+/m1/s1. The van der Waals surface area contributed by atoms with Crippen LogP contribution in [0.15, 0.2) is 0 Å². The van der Waals surface area contributed by atoms with Crippen LogP contribution in [0.1, 0.15) is 66.7 Å². The number of ether oxygens (including phenoxy) is 1. The van der Waals surface area contributed by atoms with E-state index < -0.39 is 23.2 Å². The smallest absolute Gasteiger partial charge is 0.332 e. The molecule has 5 nitrogen and oxygen atoms in total. The average Bonchev–Trinajstić information content (AvgIpc) is 2.36. The van der Waals surface area contributed by atoms with Crippen LogP contribution in [0.5, 0.6) is 0 Å². The first kappa shape index (κ1) is 18.0. The highest BCUT2D eigenvalue weighted by molar-refractivity contribution is 5.88. The Labute approximate surface area is 127 Å². The zero-order chi connectivity index (χ0) is 16.3. The lowest BCUT2D eigenvalue weighted by Crippen LogP contribution is -2.55. The summed E-state index contributed by atoms with van der Waals surface area (Å²) in [5, 5.41) is 12.5. The minimum atomic E-state index is -1.02. The predicted molar refractivity (Wildman–Crippen MR) is 80.6 cm³/mol. The maximum absolute atomic E-state index is 12.4. The largest absolute Gasteiger partial charge is 0.458 e. The molecule has 1 amide bonds. The normalized spacial score (nSPS) is 25.8. The second kappa shape index (κ2) is 6.77. The number of aliphatic hydroxyl groups excluding tert-OH is 1. The zero-order valence-electron chi connectivity index (χ0n) is 13.9. The highest BCUT2D eigenvalue weighted by Crippen LogP contribution is 2.26. The van der Waals surface area contributed by atoms with E-state index in [1.807, 2.05) is 6.92 Å². The molecular formula is C16H29NO4. The molecule has 0 aromatic heterocycles. The van der Waals surface area contributed by atoms with Crippen LogP contribution in [0, 0.1) is 5.92 Å². The monoisotopic (exact) mass is 299 g/mol. The van der Waals surface area contributed by atoms with E-state index in [0.29, 0.717) is 12.8 Å². The van der Waals surface area contributed by atoms with Crippen molar-refractivity contribution in [3.05, 3.63) is 0 Å². The molecule has 1 aliphatic carbocycles. The Morgan fingerprint density at radius 2 is 1.86 bits per heavy atom. The van der Waals surface area contributed by atoms with Crippen molar-refractivity contribution in [3.63, 3.8) is 0 Å². The van der Waals surface area contributed by atoms with Crippen LogP contribution in [0.2, 0.25) is 0 Å². The molecule has 0 bridgehead atoms. The number of amides is 1. The molecule has 122 valence electrons. The summed E-state index contributed by atoms with van der Waals surface area (Å²) in [6, 6.07) is 0. The van der Waals surface area contributed by atoms with Crippen molar-refractivity contribution >= 4 is 11.9 Å². The van der Waals surface area contributed by atoms with Crippen molar-refractivity contribution < 1.29 is 19.4 Å². The van der Waals surface area contributed by atoms with E-state index in [9.17, 15) is 14.7 Å². The first-order valence-electron chi connectivity index (χ1n) is 7.81. The third-order valence-electron chi connectivity index (χ3n) is 3.97. The number of hydrogen-bond donors (Lipinski definition) is 2. The lowest BCUT2D eigenvalue weighted by atomic mass is 9.85. The molecule has 0 unspecified atom stereocenters. The zero-order valence-corrected chi connectivity index (χ0v) is 13.9. The minimum absolute atomic E-state index is 0.163. The second-order valence-corrected chi connectivity index (χ2v) is 7.19. The molecule has 0 heterocycles. The Kier molecular flexibility index (Phi) is 5.79. The molecule has 3 atom stereocenters. The van der Waals surface area contributed by atoms with Gasteiger partial charge >= 0.3 is 5.97 Å². The van der Waals surface area contributed by atoms with Gasteiger partial charge in [-0.25, -0.2) is 4.79 Å². The number of aliphatic hydroxyl groups is 1. The molecular weight excluding hydrogens is 270 g/mol. The van der Waals surface area contributed by atoms with Crippen molar-refractivity contribution in [2.75, 3.05) is 0 Å². The van der Waals surface area contributed by atoms with Gasteiger partial charge in [0.15, 0.2) is 0 Å². The van der Waals surface area contributed by atoms with Gasteiger partial charge in [0.2, 0.25) is 5.91 Å². The highest BCUT2D eigenvalue weighted by atomic mass is 16.6. The van der Waals surface area contributed by atoms with E-state index in [0.717, 1.165) is 19.3 Å². The molecule has 1 saturated carbocycles. The highest BCUT2D eigenvalue weighted by Gasteiger charge is 2.39. The summed E-state index contributed by atoms with van der Waals surface area (Å²) in [5.74, 6) is -0.798. The van der Waals surface area contributed by atoms with Crippen molar-refractivity contribution in [1.82, 2.24) is 5.32 Å². The summed E-state index contributed by atoms with van der Waals surface area (Å²) < 4.78 is 5.40. The number of rotatable bonds is 4. The van der Waals surface area contributed by atoms with Crippen LogP contribution >= 0.6 is 0 Å². The molecule has 2 N–H and O–H groups in total. The minimum Gasteiger partial charge on any atom is -0.458 e. The second-order valence-electron chi connectivity index (χ2n) is 7.19. The number of hydrogen-bond acceptors (Lipinski definition) is 4.